The Balaban J connectivity index is 1.71. The fourth-order valence-corrected chi connectivity index (χ4v) is 3.34. The van der Waals surface area contributed by atoms with E-state index in [0.29, 0.717) is 18.5 Å². The number of esters is 1. The summed E-state index contributed by atoms with van der Waals surface area (Å²) >= 11 is 1.48. The minimum atomic E-state index is -0.413. The van der Waals surface area contributed by atoms with Crippen molar-refractivity contribution in [3.05, 3.63) is 58.4 Å². The molecule has 0 saturated heterocycles. The maximum Gasteiger partial charge on any atom is 0.311 e. The summed E-state index contributed by atoms with van der Waals surface area (Å²) in [5.74, 6) is -0.657. The van der Waals surface area contributed by atoms with E-state index in [4.69, 9.17) is 10.00 Å². The van der Waals surface area contributed by atoms with E-state index in [9.17, 15) is 9.59 Å². The first kappa shape index (κ1) is 16.9. The number of carbonyl (C=O) groups is 2. The first-order chi connectivity index (χ1) is 12.2. The Labute approximate surface area is 149 Å². The van der Waals surface area contributed by atoms with Gasteiger partial charge in [-0.2, -0.15) is 5.26 Å². The van der Waals surface area contributed by atoms with Crippen molar-refractivity contribution in [2.75, 3.05) is 6.61 Å². The third-order valence-corrected chi connectivity index (χ3v) is 4.69. The SMILES string of the molecule is N#CCCn1cc(C(=O)COC(=O)Cc2cccs2)c2ccccc21. The zero-order valence-electron chi connectivity index (χ0n) is 13.5. The molecule has 0 aliphatic carbocycles. The van der Waals surface area contributed by atoms with Crippen LogP contribution in [0.15, 0.2) is 48.0 Å². The Hall–Kier alpha value is -2.91. The Morgan fingerprint density at radius 2 is 2.04 bits per heavy atom. The number of para-hydroxylation sites is 1. The molecule has 3 aromatic rings. The molecule has 0 saturated carbocycles. The van der Waals surface area contributed by atoms with Crippen LogP contribution in [0.1, 0.15) is 21.7 Å². The van der Waals surface area contributed by atoms with Gasteiger partial charge in [-0.15, -0.1) is 11.3 Å². The maximum absolute atomic E-state index is 12.5. The molecule has 126 valence electrons. The number of aromatic nitrogens is 1. The average molecular weight is 352 g/mol. The van der Waals surface area contributed by atoms with Crippen LogP contribution < -0.4 is 0 Å². The molecule has 5 nitrogen and oxygen atoms in total. The van der Waals surface area contributed by atoms with Gasteiger partial charge in [0.15, 0.2) is 6.61 Å². The van der Waals surface area contributed by atoms with Gasteiger partial charge >= 0.3 is 5.97 Å². The number of rotatable bonds is 7. The monoisotopic (exact) mass is 352 g/mol. The van der Waals surface area contributed by atoms with Crippen molar-refractivity contribution >= 4 is 34.0 Å². The number of thiophene rings is 1. The minimum Gasteiger partial charge on any atom is -0.457 e. The van der Waals surface area contributed by atoms with Crippen molar-refractivity contribution in [1.29, 1.82) is 5.26 Å². The van der Waals surface area contributed by atoms with Crippen LogP contribution in [0.25, 0.3) is 10.9 Å². The lowest BCUT2D eigenvalue weighted by Gasteiger charge is -2.03. The zero-order valence-corrected chi connectivity index (χ0v) is 14.3. The van der Waals surface area contributed by atoms with Gasteiger partial charge in [0.25, 0.3) is 0 Å². The second-order valence-electron chi connectivity index (χ2n) is 5.50. The number of nitriles is 1. The number of nitrogens with zero attached hydrogens (tertiary/aromatic N) is 2. The quantitative estimate of drug-likeness (QED) is 0.481. The first-order valence-corrected chi connectivity index (χ1v) is 8.73. The van der Waals surface area contributed by atoms with Gasteiger partial charge in [-0.05, 0) is 17.5 Å². The first-order valence-electron chi connectivity index (χ1n) is 7.85. The predicted octanol–water partition coefficient (Wildman–Crippen LogP) is 3.59. The Kier molecular flexibility index (Phi) is 5.26. The van der Waals surface area contributed by atoms with Crippen LogP contribution in [0.4, 0.5) is 0 Å². The molecule has 0 aliphatic heterocycles. The van der Waals surface area contributed by atoms with Gasteiger partial charge in [-0.1, -0.05) is 24.3 Å². The molecule has 0 spiro atoms. The summed E-state index contributed by atoms with van der Waals surface area (Å²) < 4.78 is 7.02. The molecule has 0 unspecified atom stereocenters. The highest BCUT2D eigenvalue weighted by Gasteiger charge is 2.17. The molecule has 0 fully saturated rings. The van der Waals surface area contributed by atoms with E-state index in [1.807, 2.05) is 46.3 Å². The van der Waals surface area contributed by atoms with Crippen LogP contribution in [0.2, 0.25) is 0 Å². The molecular weight excluding hydrogens is 336 g/mol. The van der Waals surface area contributed by atoms with Gasteiger partial charge in [0.2, 0.25) is 5.78 Å². The number of ketones is 1. The molecule has 0 aliphatic rings. The van der Waals surface area contributed by atoms with Crippen molar-refractivity contribution in [3.8, 4) is 6.07 Å². The molecule has 0 N–H and O–H groups in total. The molecule has 0 radical (unpaired) electrons. The number of hydrogen-bond acceptors (Lipinski definition) is 5. The van der Waals surface area contributed by atoms with Crippen LogP contribution in [-0.4, -0.2) is 22.9 Å². The number of fused-ring (bicyclic) bond motifs is 1. The van der Waals surface area contributed by atoms with Gasteiger partial charge in [-0.25, -0.2) is 0 Å². The summed E-state index contributed by atoms with van der Waals surface area (Å²) in [5, 5.41) is 11.5. The third kappa shape index (κ3) is 3.95. The number of benzene rings is 1. The molecular formula is C19H16N2O3S. The topological polar surface area (TPSA) is 72.1 Å². The van der Waals surface area contributed by atoms with Crippen LogP contribution in [0, 0.1) is 11.3 Å². The van der Waals surface area contributed by atoms with Gasteiger partial charge in [-0.3, -0.25) is 9.59 Å². The lowest BCUT2D eigenvalue weighted by molar-refractivity contribution is -0.141. The van der Waals surface area contributed by atoms with Crippen molar-refractivity contribution < 1.29 is 14.3 Å². The van der Waals surface area contributed by atoms with Crippen LogP contribution in [0.3, 0.4) is 0 Å². The van der Waals surface area contributed by atoms with E-state index in [1.165, 1.54) is 11.3 Å². The number of Topliss-reactive ketones (excluding diaryl/α,β-unsaturated/α-hetero) is 1. The molecule has 0 atom stereocenters. The van der Waals surface area contributed by atoms with Gasteiger partial charge in [0, 0.05) is 34.1 Å². The molecule has 2 aromatic heterocycles. The van der Waals surface area contributed by atoms with E-state index in [0.717, 1.165) is 15.8 Å². The number of ether oxygens (including phenoxy) is 1. The van der Waals surface area contributed by atoms with Crippen LogP contribution >= 0.6 is 11.3 Å². The molecule has 0 bridgehead atoms. The predicted molar refractivity (Wildman–Crippen MR) is 95.5 cm³/mol. The van der Waals surface area contributed by atoms with Crippen molar-refractivity contribution in [2.24, 2.45) is 0 Å². The van der Waals surface area contributed by atoms with E-state index < -0.39 is 5.97 Å². The van der Waals surface area contributed by atoms with E-state index in [2.05, 4.69) is 6.07 Å². The fourth-order valence-electron chi connectivity index (χ4n) is 2.65. The minimum absolute atomic E-state index is 0.175. The van der Waals surface area contributed by atoms with E-state index in [-0.39, 0.29) is 18.8 Å². The smallest absolute Gasteiger partial charge is 0.311 e. The number of carbonyl (C=O) groups excluding carboxylic acids is 2. The van der Waals surface area contributed by atoms with Crippen LogP contribution in [-0.2, 0) is 22.5 Å². The summed E-state index contributed by atoms with van der Waals surface area (Å²) in [6.45, 7) is 0.235. The summed E-state index contributed by atoms with van der Waals surface area (Å²) in [6, 6.07) is 13.3. The average Bonchev–Trinajstić information content (AvgIpc) is 3.26. The highest BCUT2D eigenvalue weighted by atomic mass is 32.1. The fraction of sp³-hybridized carbons (Fsp3) is 0.211. The highest BCUT2D eigenvalue weighted by molar-refractivity contribution is 7.10. The second-order valence-corrected chi connectivity index (χ2v) is 6.53. The standard InChI is InChI=1S/C19H16N2O3S/c20-8-4-9-21-12-16(15-6-1-2-7-17(15)21)18(22)13-24-19(23)11-14-5-3-10-25-14/h1-3,5-7,10,12H,4,9,11,13H2. The Bertz CT molecular complexity index is 935. The summed E-state index contributed by atoms with van der Waals surface area (Å²) in [7, 11) is 0. The molecule has 3 rings (SSSR count). The van der Waals surface area contributed by atoms with Gasteiger partial charge < -0.3 is 9.30 Å². The summed E-state index contributed by atoms with van der Waals surface area (Å²) in [4.78, 5) is 25.3. The van der Waals surface area contributed by atoms with E-state index >= 15 is 0 Å². The second kappa shape index (κ2) is 7.77. The van der Waals surface area contributed by atoms with Crippen molar-refractivity contribution in [3.63, 3.8) is 0 Å². The Morgan fingerprint density at radius 3 is 2.80 bits per heavy atom. The van der Waals surface area contributed by atoms with Crippen molar-refractivity contribution in [1.82, 2.24) is 4.57 Å². The van der Waals surface area contributed by atoms with E-state index in [1.54, 1.807) is 6.20 Å². The Morgan fingerprint density at radius 1 is 1.20 bits per heavy atom. The molecule has 25 heavy (non-hydrogen) atoms. The highest BCUT2D eigenvalue weighted by Crippen LogP contribution is 2.22. The lowest BCUT2D eigenvalue weighted by Crippen LogP contribution is -2.15. The maximum atomic E-state index is 12.5. The van der Waals surface area contributed by atoms with Gasteiger partial charge in [0.1, 0.15) is 0 Å². The van der Waals surface area contributed by atoms with Gasteiger partial charge in [0.05, 0.1) is 18.9 Å². The van der Waals surface area contributed by atoms with Crippen LogP contribution in [0.5, 0.6) is 0 Å². The zero-order chi connectivity index (χ0) is 17.6. The summed E-state index contributed by atoms with van der Waals surface area (Å²) in [6.07, 6.45) is 2.27. The molecule has 0 amide bonds. The number of hydrogen-bond donors (Lipinski definition) is 0. The molecule has 2 heterocycles. The molecule has 1 aromatic carbocycles. The number of aryl methyl sites for hydroxylation is 1. The summed E-state index contributed by atoms with van der Waals surface area (Å²) in [5.41, 5.74) is 1.41. The molecule has 6 heteroatoms. The van der Waals surface area contributed by atoms with Crippen molar-refractivity contribution in [2.45, 2.75) is 19.4 Å². The largest absolute Gasteiger partial charge is 0.457 e. The normalized spacial score (nSPS) is 10.5. The lowest BCUT2D eigenvalue weighted by atomic mass is 10.1. The third-order valence-electron chi connectivity index (χ3n) is 3.82.